The van der Waals surface area contributed by atoms with E-state index in [1.54, 1.807) is 30.3 Å². The normalized spacial score (nSPS) is 10.7. The summed E-state index contributed by atoms with van der Waals surface area (Å²) in [6.45, 7) is 2.38. The summed E-state index contributed by atoms with van der Waals surface area (Å²) in [6.07, 6.45) is 1.40. The van der Waals surface area contributed by atoms with Crippen molar-refractivity contribution in [1.82, 2.24) is 5.32 Å². The fraction of sp³-hybridized carbons (Fsp3) is 0.211. The summed E-state index contributed by atoms with van der Waals surface area (Å²) in [6, 6.07) is 12.5. The molecule has 6 nitrogen and oxygen atoms in total. The van der Waals surface area contributed by atoms with Gasteiger partial charge >= 0.3 is 5.97 Å². The van der Waals surface area contributed by atoms with Gasteiger partial charge in [-0.2, -0.15) is 5.26 Å². The lowest BCUT2D eigenvalue weighted by molar-refractivity contribution is -0.144. The number of hydrogen-bond acceptors (Lipinski definition) is 6. The van der Waals surface area contributed by atoms with E-state index < -0.39 is 18.5 Å². The molecule has 0 aliphatic rings. The molecule has 0 aliphatic heterocycles. The maximum atomic E-state index is 12.0. The number of nitrogens with zero attached hydrogens (tertiary/aromatic N) is 1. The van der Waals surface area contributed by atoms with Crippen molar-refractivity contribution in [3.63, 3.8) is 0 Å². The Kier molecular flexibility index (Phi) is 7.40. The Hall–Kier alpha value is -3.11. The van der Waals surface area contributed by atoms with Crippen molar-refractivity contribution >= 4 is 29.3 Å². The van der Waals surface area contributed by atoms with Gasteiger partial charge in [-0.25, -0.2) is 4.79 Å². The number of benzene rings is 1. The predicted octanol–water partition coefficient (Wildman–Crippen LogP) is 2.91. The Morgan fingerprint density at radius 1 is 1.27 bits per heavy atom. The average Bonchev–Trinajstić information content (AvgIpc) is 3.17. The van der Waals surface area contributed by atoms with E-state index in [-0.39, 0.29) is 5.57 Å². The second-order valence-electron chi connectivity index (χ2n) is 5.10. The van der Waals surface area contributed by atoms with Crippen LogP contribution in [0.3, 0.4) is 0 Å². The Morgan fingerprint density at radius 3 is 2.65 bits per heavy atom. The zero-order valence-electron chi connectivity index (χ0n) is 14.2. The van der Waals surface area contributed by atoms with Gasteiger partial charge in [0.25, 0.3) is 5.91 Å². The zero-order valence-corrected chi connectivity index (χ0v) is 15.0. The molecule has 7 heteroatoms. The van der Waals surface area contributed by atoms with Gasteiger partial charge in [0.15, 0.2) is 6.61 Å². The number of amides is 1. The first-order chi connectivity index (χ1) is 12.6. The van der Waals surface area contributed by atoms with E-state index in [1.165, 1.54) is 17.4 Å². The fourth-order valence-corrected chi connectivity index (χ4v) is 2.63. The van der Waals surface area contributed by atoms with E-state index in [9.17, 15) is 9.59 Å². The number of rotatable bonds is 8. The van der Waals surface area contributed by atoms with Gasteiger partial charge in [-0.15, -0.1) is 11.3 Å². The minimum absolute atomic E-state index is 0.180. The van der Waals surface area contributed by atoms with Gasteiger partial charge in [0.2, 0.25) is 0 Å². The van der Waals surface area contributed by atoms with E-state index in [0.29, 0.717) is 24.5 Å². The monoisotopic (exact) mass is 370 g/mol. The Balaban J connectivity index is 1.87. The van der Waals surface area contributed by atoms with Crippen LogP contribution in [0.4, 0.5) is 0 Å². The molecule has 134 valence electrons. The smallest absolute Gasteiger partial charge is 0.349 e. The molecule has 1 aromatic heterocycles. The van der Waals surface area contributed by atoms with E-state index in [2.05, 4.69) is 5.32 Å². The number of hydrogen-bond donors (Lipinski definition) is 1. The molecule has 2 rings (SSSR count). The van der Waals surface area contributed by atoms with Crippen molar-refractivity contribution in [3.8, 4) is 11.8 Å². The third-order valence-electron chi connectivity index (χ3n) is 3.22. The second-order valence-corrected chi connectivity index (χ2v) is 6.14. The van der Waals surface area contributed by atoms with Gasteiger partial charge in [0.05, 0.1) is 13.2 Å². The van der Waals surface area contributed by atoms with Crippen molar-refractivity contribution in [2.45, 2.75) is 13.5 Å². The summed E-state index contributed by atoms with van der Waals surface area (Å²) >= 11 is 1.52. The van der Waals surface area contributed by atoms with Crippen LogP contribution in [0.2, 0.25) is 0 Å². The van der Waals surface area contributed by atoms with Crippen LogP contribution in [-0.2, 0) is 20.9 Å². The van der Waals surface area contributed by atoms with E-state index in [1.807, 2.05) is 24.4 Å². The number of esters is 1. The third kappa shape index (κ3) is 6.07. The van der Waals surface area contributed by atoms with Crippen LogP contribution in [0.15, 0.2) is 47.4 Å². The molecule has 0 saturated heterocycles. The minimum Gasteiger partial charge on any atom is -0.494 e. The molecule has 0 radical (unpaired) electrons. The van der Waals surface area contributed by atoms with Gasteiger partial charge in [-0.3, -0.25) is 4.79 Å². The number of ether oxygens (including phenoxy) is 2. The molecule has 0 saturated carbocycles. The Bertz CT molecular complexity index is 805. The molecule has 0 aliphatic carbocycles. The number of carbonyl (C=O) groups is 2. The largest absolute Gasteiger partial charge is 0.494 e. The molecule has 0 unspecified atom stereocenters. The lowest BCUT2D eigenvalue weighted by atomic mass is 10.1. The lowest BCUT2D eigenvalue weighted by Crippen LogP contribution is -2.28. The number of nitrogens with one attached hydrogen (secondary N) is 1. The zero-order chi connectivity index (χ0) is 18.8. The molecule has 1 aromatic carbocycles. The summed E-state index contributed by atoms with van der Waals surface area (Å²) in [5, 5.41) is 13.7. The maximum Gasteiger partial charge on any atom is 0.349 e. The first-order valence-corrected chi connectivity index (χ1v) is 8.81. The molecule has 0 bridgehead atoms. The number of thiophene rings is 1. The summed E-state index contributed by atoms with van der Waals surface area (Å²) in [7, 11) is 0. The van der Waals surface area contributed by atoms with Gasteiger partial charge in [-0.1, -0.05) is 18.2 Å². The summed E-state index contributed by atoms with van der Waals surface area (Å²) in [5.41, 5.74) is 0.476. The second kappa shape index (κ2) is 10.0. The van der Waals surface area contributed by atoms with Gasteiger partial charge in [0.1, 0.15) is 17.4 Å². The molecular weight excluding hydrogens is 352 g/mol. The van der Waals surface area contributed by atoms with E-state index >= 15 is 0 Å². The molecular formula is C19H18N2O4S. The summed E-state index contributed by atoms with van der Waals surface area (Å²) in [5.74, 6) is -0.564. The van der Waals surface area contributed by atoms with Crippen LogP contribution in [0.1, 0.15) is 17.4 Å². The average molecular weight is 370 g/mol. The topological polar surface area (TPSA) is 88.4 Å². The van der Waals surface area contributed by atoms with Crippen LogP contribution >= 0.6 is 11.3 Å². The lowest BCUT2D eigenvalue weighted by Gasteiger charge is -2.05. The molecule has 0 spiro atoms. The summed E-state index contributed by atoms with van der Waals surface area (Å²) < 4.78 is 10.2. The Labute approximate surface area is 155 Å². The van der Waals surface area contributed by atoms with E-state index in [4.69, 9.17) is 14.7 Å². The van der Waals surface area contributed by atoms with Crippen molar-refractivity contribution in [3.05, 3.63) is 57.8 Å². The Morgan fingerprint density at radius 2 is 2.04 bits per heavy atom. The van der Waals surface area contributed by atoms with E-state index in [0.717, 1.165) is 4.88 Å². The predicted molar refractivity (Wildman–Crippen MR) is 98.3 cm³/mol. The molecule has 26 heavy (non-hydrogen) atoms. The number of nitriles is 1. The quantitative estimate of drug-likeness (QED) is 0.438. The first-order valence-electron chi connectivity index (χ1n) is 7.93. The maximum absolute atomic E-state index is 12.0. The highest BCUT2D eigenvalue weighted by Crippen LogP contribution is 2.15. The molecule has 1 amide bonds. The van der Waals surface area contributed by atoms with Crippen molar-refractivity contribution in [2.24, 2.45) is 0 Å². The summed E-state index contributed by atoms with van der Waals surface area (Å²) in [4.78, 5) is 24.7. The highest BCUT2D eigenvalue weighted by atomic mass is 32.1. The first kappa shape index (κ1) is 19.2. The van der Waals surface area contributed by atoms with Gasteiger partial charge in [-0.05, 0) is 42.1 Å². The van der Waals surface area contributed by atoms with Crippen LogP contribution < -0.4 is 10.1 Å². The van der Waals surface area contributed by atoms with Crippen molar-refractivity contribution in [1.29, 1.82) is 5.26 Å². The fourth-order valence-electron chi connectivity index (χ4n) is 1.99. The molecule has 0 atom stereocenters. The van der Waals surface area contributed by atoms with Crippen LogP contribution in [0.25, 0.3) is 6.08 Å². The number of carbonyl (C=O) groups excluding carboxylic acids is 2. The highest BCUT2D eigenvalue weighted by Gasteiger charge is 2.13. The highest BCUT2D eigenvalue weighted by molar-refractivity contribution is 7.09. The standard InChI is InChI=1S/C19H18N2O4S/c1-2-24-16-7-5-14(6-8-16)10-15(11-20)19(23)25-13-18(22)21-12-17-4-3-9-26-17/h3-10H,2,12-13H2,1H3,(H,21,22)/b15-10+. The SMILES string of the molecule is CCOc1ccc(/C=C(\C#N)C(=O)OCC(=O)NCc2cccs2)cc1. The van der Waals surface area contributed by atoms with Crippen LogP contribution in [0, 0.1) is 11.3 Å². The molecule has 0 fully saturated rings. The minimum atomic E-state index is -0.840. The van der Waals surface area contributed by atoms with Crippen LogP contribution in [-0.4, -0.2) is 25.1 Å². The van der Waals surface area contributed by atoms with Gasteiger partial charge in [0, 0.05) is 4.88 Å². The van der Waals surface area contributed by atoms with Crippen molar-refractivity contribution in [2.75, 3.05) is 13.2 Å². The molecule has 1 heterocycles. The van der Waals surface area contributed by atoms with Crippen molar-refractivity contribution < 1.29 is 19.1 Å². The van der Waals surface area contributed by atoms with Gasteiger partial charge < -0.3 is 14.8 Å². The third-order valence-corrected chi connectivity index (χ3v) is 4.09. The van der Waals surface area contributed by atoms with Crippen LogP contribution in [0.5, 0.6) is 5.75 Å². The molecule has 1 N–H and O–H groups in total. The molecule has 2 aromatic rings.